The van der Waals surface area contributed by atoms with Gasteiger partial charge in [0.15, 0.2) is 5.65 Å². The van der Waals surface area contributed by atoms with Crippen molar-refractivity contribution in [2.45, 2.75) is 33.6 Å². The Morgan fingerprint density at radius 2 is 2.19 bits per heavy atom. The lowest BCUT2D eigenvalue weighted by atomic mass is 10.2. The SMILES string of the molecule is CCCOc1cc(C)nc2c(CC)cnn12. The highest BCUT2D eigenvalue weighted by atomic mass is 16.5. The van der Waals surface area contributed by atoms with Crippen molar-refractivity contribution in [3.8, 4) is 5.88 Å². The zero-order chi connectivity index (χ0) is 11.5. The van der Waals surface area contributed by atoms with E-state index in [2.05, 4.69) is 23.9 Å². The summed E-state index contributed by atoms with van der Waals surface area (Å²) in [6.45, 7) is 6.88. The Bertz CT molecular complexity index is 490. The Kier molecular flexibility index (Phi) is 3.08. The Hall–Kier alpha value is -1.58. The van der Waals surface area contributed by atoms with Crippen LogP contribution in [0, 0.1) is 6.92 Å². The predicted molar refractivity (Wildman–Crippen MR) is 62.9 cm³/mol. The highest BCUT2D eigenvalue weighted by Crippen LogP contribution is 2.18. The molecule has 2 heterocycles. The molecular weight excluding hydrogens is 202 g/mol. The molecule has 0 aliphatic heterocycles. The molecule has 4 heteroatoms. The molecule has 16 heavy (non-hydrogen) atoms. The number of nitrogens with zero attached hydrogens (tertiary/aromatic N) is 3. The second-order valence-electron chi connectivity index (χ2n) is 3.84. The zero-order valence-corrected chi connectivity index (χ0v) is 10.0. The third-order valence-corrected chi connectivity index (χ3v) is 2.48. The first kappa shape index (κ1) is 10.9. The molecule has 0 radical (unpaired) electrons. The maximum absolute atomic E-state index is 5.67. The molecule has 0 aromatic carbocycles. The van der Waals surface area contributed by atoms with E-state index in [0.717, 1.165) is 35.6 Å². The Morgan fingerprint density at radius 1 is 1.38 bits per heavy atom. The molecule has 0 unspecified atom stereocenters. The Balaban J connectivity index is 2.51. The van der Waals surface area contributed by atoms with Gasteiger partial charge >= 0.3 is 0 Å². The fourth-order valence-corrected chi connectivity index (χ4v) is 1.65. The number of aromatic nitrogens is 3. The minimum absolute atomic E-state index is 0.708. The van der Waals surface area contributed by atoms with Crippen molar-refractivity contribution in [1.29, 1.82) is 0 Å². The number of rotatable bonds is 4. The third kappa shape index (κ3) is 1.87. The maximum Gasteiger partial charge on any atom is 0.218 e. The van der Waals surface area contributed by atoms with Crippen molar-refractivity contribution in [3.05, 3.63) is 23.5 Å². The molecular formula is C12H17N3O. The molecule has 2 rings (SSSR count). The summed E-state index contributed by atoms with van der Waals surface area (Å²) in [5, 5.41) is 4.31. The fourth-order valence-electron chi connectivity index (χ4n) is 1.65. The summed E-state index contributed by atoms with van der Waals surface area (Å²) >= 11 is 0. The summed E-state index contributed by atoms with van der Waals surface area (Å²) in [5.41, 5.74) is 3.03. The molecule has 2 aromatic heterocycles. The van der Waals surface area contributed by atoms with Crippen LogP contribution in [0.2, 0.25) is 0 Å². The summed E-state index contributed by atoms with van der Waals surface area (Å²) in [4.78, 5) is 4.50. The standard InChI is InChI=1S/C12H17N3O/c1-4-6-16-11-7-9(3)14-12-10(5-2)8-13-15(11)12/h7-8H,4-6H2,1-3H3. The largest absolute Gasteiger partial charge is 0.478 e. The van der Waals surface area contributed by atoms with Crippen LogP contribution in [0.15, 0.2) is 12.3 Å². The topological polar surface area (TPSA) is 39.4 Å². The van der Waals surface area contributed by atoms with E-state index in [1.807, 2.05) is 19.2 Å². The Morgan fingerprint density at radius 3 is 2.88 bits per heavy atom. The third-order valence-electron chi connectivity index (χ3n) is 2.48. The van der Waals surface area contributed by atoms with Gasteiger partial charge in [-0.15, -0.1) is 0 Å². The number of aryl methyl sites for hydroxylation is 2. The van der Waals surface area contributed by atoms with E-state index in [4.69, 9.17) is 4.74 Å². The van der Waals surface area contributed by atoms with Gasteiger partial charge in [-0.1, -0.05) is 13.8 Å². The van der Waals surface area contributed by atoms with Crippen LogP contribution >= 0.6 is 0 Å². The van der Waals surface area contributed by atoms with Crippen molar-refractivity contribution in [2.24, 2.45) is 0 Å². The average Bonchev–Trinajstić information content (AvgIpc) is 2.68. The van der Waals surface area contributed by atoms with Crippen molar-refractivity contribution >= 4 is 5.65 Å². The summed E-state index contributed by atoms with van der Waals surface area (Å²) in [6, 6.07) is 1.93. The van der Waals surface area contributed by atoms with E-state index in [-0.39, 0.29) is 0 Å². The van der Waals surface area contributed by atoms with E-state index in [9.17, 15) is 0 Å². The molecule has 2 aromatic rings. The number of hydrogen-bond acceptors (Lipinski definition) is 3. The van der Waals surface area contributed by atoms with Gasteiger partial charge in [0.25, 0.3) is 0 Å². The van der Waals surface area contributed by atoms with E-state index < -0.39 is 0 Å². The van der Waals surface area contributed by atoms with Crippen LogP contribution in [-0.4, -0.2) is 21.2 Å². The molecule has 4 nitrogen and oxygen atoms in total. The van der Waals surface area contributed by atoms with E-state index in [0.29, 0.717) is 6.61 Å². The van der Waals surface area contributed by atoms with Gasteiger partial charge in [0.1, 0.15) is 0 Å². The summed E-state index contributed by atoms with van der Waals surface area (Å²) in [6.07, 6.45) is 3.79. The van der Waals surface area contributed by atoms with Crippen molar-refractivity contribution < 1.29 is 4.74 Å². The van der Waals surface area contributed by atoms with Crippen LogP contribution in [0.1, 0.15) is 31.5 Å². The van der Waals surface area contributed by atoms with E-state index in [1.54, 1.807) is 4.52 Å². The summed E-state index contributed by atoms with van der Waals surface area (Å²) in [7, 11) is 0. The monoisotopic (exact) mass is 219 g/mol. The number of fused-ring (bicyclic) bond motifs is 1. The first-order chi connectivity index (χ1) is 7.76. The first-order valence-electron chi connectivity index (χ1n) is 5.73. The molecule has 0 aliphatic rings. The van der Waals surface area contributed by atoms with Crippen LogP contribution in [0.25, 0.3) is 5.65 Å². The van der Waals surface area contributed by atoms with Crippen LogP contribution in [0.4, 0.5) is 0 Å². The lowest BCUT2D eigenvalue weighted by molar-refractivity contribution is 0.296. The van der Waals surface area contributed by atoms with Crippen LogP contribution in [-0.2, 0) is 6.42 Å². The highest BCUT2D eigenvalue weighted by molar-refractivity contribution is 5.49. The molecule has 0 saturated heterocycles. The second-order valence-corrected chi connectivity index (χ2v) is 3.84. The minimum Gasteiger partial charge on any atom is -0.478 e. The normalized spacial score (nSPS) is 10.9. The number of ether oxygens (including phenoxy) is 1. The molecule has 0 spiro atoms. The fraction of sp³-hybridized carbons (Fsp3) is 0.500. The van der Waals surface area contributed by atoms with Gasteiger partial charge in [-0.05, 0) is 19.8 Å². The van der Waals surface area contributed by atoms with Gasteiger partial charge in [-0.3, -0.25) is 0 Å². The summed E-state index contributed by atoms with van der Waals surface area (Å²) < 4.78 is 7.45. The molecule has 0 saturated carbocycles. The van der Waals surface area contributed by atoms with Crippen LogP contribution < -0.4 is 4.74 Å². The lowest BCUT2D eigenvalue weighted by Gasteiger charge is -2.07. The maximum atomic E-state index is 5.67. The zero-order valence-electron chi connectivity index (χ0n) is 10.0. The molecule has 0 aliphatic carbocycles. The summed E-state index contributed by atoms with van der Waals surface area (Å²) in [5.74, 6) is 0.782. The molecule has 0 N–H and O–H groups in total. The molecule has 0 bridgehead atoms. The van der Waals surface area contributed by atoms with E-state index in [1.165, 1.54) is 0 Å². The smallest absolute Gasteiger partial charge is 0.218 e. The molecule has 0 amide bonds. The molecule has 0 atom stereocenters. The van der Waals surface area contributed by atoms with Gasteiger partial charge in [-0.25, -0.2) is 4.98 Å². The van der Waals surface area contributed by atoms with Gasteiger partial charge in [0, 0.05) is 17.3 Å². The van der Waals surface area contributed by atoms with Crippen LogP contribution in [0.3, 0.4) is 0 Å². The van der Waals surface area contributed by atoms with Crippen LogP contribution in [0.5, 0.6) is 5.88 Å². The highest BCUT2D eigenvalue weighted by Gasteiger charge is 2.09. The van der Waals surface area contributed by atoms with Gasteiger partial charge < -0.3 is 4.74 Å². The molecule has 0 fully saturated rings. The first-order valence-corrected chi connectivity index (χ1v) is 5.73. The predicted octanol–water partition coefficient (Wildman–Crippen LogP) is 2.39. The van der Waals surface area contributed by atoms with Gasteiger partial charge in [-0.2, -0.15) is 9.61 Å². The van der Waals surface area contributed by atoms with Gasteiger partial charge in [0.2, 0.25) is 5.88 Å². The second kappa shape index (κ2) is 4.51. The van der Waals surface area contributed by atoms with E-state index >= 15 is 0 Å². The lowest BCUT2D eigenvalue weighted by Crippen LogP contribution is -2.04. The van der Waals surface area contributed by atoms with Crippen molar-refractivity contribution in [3.63, 3.8) is 0 Å². The minimum atomic E-state index is 0.708. The van der Waals surface area contributed by atoms with Gasteiger partial charge in [0.05, 0.1) is 12.8 Å². The number of hydrogen-bond donors (Lipinski definition) is 0. The average molecular weight is 219 g/mol. The molecule has 86 valence electrons. The van der Waals surface area contributed by atoms with Crippen molar-refractivity contribution in [1.82, 2.24) is 14.6 Å². The Labute approximate surface area is 95.3 Å². The van der Waals surface area contributed by atoms with Crippen molar-refractivity contribution in [2.75, 3.05) is 6.61 Å². The quantitative estimate of drug-likeness (QED) is 0.792.